The Balaban J connectivity index is 3.41. The Morgan fingerprint density at radius 1 is 1.42 bits per heavy atom. The van der Waals surface area contributed by atoms with Crippen molar-refractivity contribution in [3.05, 3.63) is 17.3 Å². The minimum atomic E-state index is -5.26. The van der Waals surface area contributed by atoms with E-state index in [0.717, 1.165) is 7.11 Å². The van der Waals surface area contributed by atoms with E-state index in [9.17, 15) is 26.7 Å². The lowest BCUT2D eigenvalue weighted by Gasteiger charge is -2.14. The van der Waals surface area contributed by atoms with E-state index in [2.05, 4.69) is 14.5 Å². The zero-order valence-electron chi connectivity index (χ0n) is 9.16. The van der Waals surface area contributed by atoms with Gasteiger partial charge in [0.2, 0.25) is 5.88 Å². The molecule has 0 aliphatic heterocycles. The van der Waals surface area contributed by atoms with Gasteiger partial charge in [-0.2, -0.15) is 0 Å². The highest BCUT2D eigenvalue weighted by molar-refractivity contribution is 5.90. The van der Waals surface area contributed by atoms with Crippen LogP contribution in [0.4, 0.5) is 22.0 Å². The first-order chi connectivity index (χ1) is 8.65. The third-order valence-corrected chi connectivity index (χ3v) is 1.85. The minimum absolute atomic E-state index is 0.484. The van der Waals surface area contributed by atoms with Crippen LogP contribution in [0.25, 0.3) is 0 Å². The van der Waals surface area contributed by atoms with E-state index in [1.54, 1.807) is 0 Å². The smallest absolute Gasteiger partial charge is 0.495 e. The van der Waals surface area contributed by atoms with Crippen LogP contribution in [0.5, 0.6) is 11.6 Å². The summed E-state index contributed by atoms with van der Waals surface area (Å²) in [7, 11) is 0.943. The maximum atomic E-state index is 12.5. The highest BCUT2D eigenvalue weighted by Crippen LogP contribution is 2.34. The molecule has 0 bridgehead atoms. The standard InChI is InChI=1S/C9H6F5NO4/c1-18-4-2-3(8(16)17)7(19-9(12,13)14)15-5(4)6(10)11/h2,6H,1H3,(H,16,17). The average molecular weight is 287 g/mol. The maximum Gasteiger partial charge on any atom is 0.574 e. The van der Waals surface area contributed by atoms with Crippen LogP contribution >= 0.6 is 0 Å². The molecule has 0 unspecified atom stereocenters. The number of halogens is 5. The molecule has 19 heavy (non-hydrogen) atoms. The van der Waals surface area contributed by atoms with Crippen LogP contribution in [0, 0.1) is 0 Å². The van der Waals surface area contributed by atoms with E-state index in [-0.39, 0.29) is 0 Å². The van der Waals surface area contributed by atoms with Gasteiger partial charge in [0.15, 0.2) is 5.69 Å². The van der Waals surface area contributed by atoms with E-state index in [0.29, 0.717) is 6.07 Å². The van der Waals surface area contributed by atoms with Crippen molar-refractivity contribution >= 4 is 5.97 Å². The molecule has 0 aliphatic carbocycles. The van der Waals surface area contributed by atoms with Crippen LogP contribution in [0.2, 0.25) is 0 Å². The number of nitrogens with zero attached hydrogens (tertiary/aromatic N) is 1. The Labute approximate surface area is 102 Å². The molecule has 1 rings (SSSR count). The second-order valence-corrected chi connectivity index (χ2v) is 3.08. The van der Waals surface area contributed by atoms with E-state index < -0.39 is 41.6 Å². The molecule has 0 amide bonds. The second-order valence-electron chi connectivity index (χ2n) is 3.08. The van der Waals surface area contributed by atoms with Crippen LogP contribution < -0.4 is 9.47 Å². The first-order valence-electron chi connectivity index (χ1n) is 4.51. The molecule has 1 heterocycles. The zero-order chi connectivity index (χ0) is 14.8. The molecule has 0 spiro atoms. The van der Waals surface area contributed by atoms with Gasteiger partial charge in [0, 0.05) is 6.07 Å². The van der Waals surface area contributed by atoms with E-state index in [1.807, 2.05) is 0 Å². The highest BCUT2D eigenvalue weighted by Gasteiger charge is 2.35. The first kappa shape index (κ1) is 14.9. The van der Waals surface area contributed by atoms with Gasteiger partial charge in [0.25, 0.3) is 6.43 Å². The largest absolute Gasteiger partial charge is 0.574 e. The van der Waals surface area contributed by atoms with E-state index >= 15 is 0 Å². The quantitative estimate of drug-likeness (QED) is 0.862. The minimum Gasteiger partial charge on any atom is -0.495 e. The summed E-state index contributed by atoms with van der Waals surface area (Å²) in [6, 6.07) is 0.484. The fourth-order valence-electron chi connectivity index (χ4n) is 1.15. The summed E-state index contributed by atoms with van der Waals surface area (Å²) in [6.07, 6.45) is -8.51. The monoisotopic (exact) mass is 287 g/mol. The van der Waals surface area contributed by atoms with Crippen molar-refractivity contribution in [2.45, 2.75) is 12.8 Å². The molecule has 106 valence electrons. The number of hydrogen-bond donors (Lipinski definition) is 1. The number of carbonyl (C=O) groups is 1. The molecule has 1 aromatic rings. The van der Waals surface area contributed by atoms with Gasteiger partial charge in [-0.3, -0.25) is 0 Å². The highest BCUT2D eigenvalue weighted by atomic mass is 19.4. The van der Waals surface area contributed by atoms with Gasteiger partial charge in [0.1, 0.15) is 11.3 Å². The number of methoxy groups -OCH3 is 1. The molecular formula is C9H6F5NO4. The van der Waals surface area contributed by atoms with Gasteiger partial charge >= 0.3 is 12.3 Å². The third-order valence-electron chi connectivity index (χ3n) is 1.85. The van der Waals surface area contributed by atoms with E-state index in [1.165, 1.54) is 0 Å². The molecule has 1 aromatic heterocycles. The van der Waals surface area contributed by atoms with Gasteiger partial charge in [0.05, 0.1) is 7.11 Å². The number of pyridine rings is 1. The lowest BCUT2D eigenvalue weighted by atomic mass is 10.2. The number of hydrogen-bond acceptors (Lipinski definition) is 4. The normalized spacial score (nSPS) is 11.5. The number of carboxylic acids is 1. The fraction of sp³-hybridized carbons (Fsp3) is 0.333. The Bertz CT molecular complexity index is 488. The van der Waals surface area contributed by atoms with Gasteiger partial charge in [-0.25, -0.2) is 18.6 Å². The molecule has 0 saturated heterocycles. The molecule has 10 heteroatoms. The summed E-state index contributed by atoms with van der Waals surface area (Å²) in [5, 5.41) is 8.68. The Kier molecular flexibility index (Phi) is 4.12. The van der Waals surface area contributed by atoms with Crippen LogP contribution in [0.15, 0.2) is 6.07 Å². The molecule has 0 saturated carbocycles. The van der Waals surface area contributed by atoms with Crippen molar-refractivity contribution in [1.82, 2.24) is 4.98 Å². The van der Waals surface area contributed by atoms with Crippen molar-refractivity contribution in [3.8, 4) is 11.6 Å². The number of aromatic carboxylic acids is 1. The summed E-state index contributed by atoms with van der Waals surface area (Å²) in [4.78, 5) is 13.6. The number of alkyl halides is 5. The predicted octanol–water partition coefficient (Wildman–Crippen LogP) is 2.62. The summed E-state index contributed by atoms with van der Waals surface area (Å²) < 4.78 is 68.9. The summed E-state index contributed by atoms with van der Waals surface area (Å²) in [5.41, 5.74) is -2.19. The van der Waals surface area contributed by atoms with Crippen LogP contribution in [0.1, 0.15) is 22.5 Å². The SMILES string of the molecule is COc1cc(C(=O)O)c(OC(F)(F)F)nc1C(F)F. The van der Waals surface area contributed by atoms with Crippen molar-refractivity contribution in [2.75, 3.05) is 7.11 Å². The zero-order valence-corrected chi connectivity index (χ0v) is 9.16. The number of rotatable bonds is 4. The fourth-order valence-corrected chi connectivity index (χ4v) is 1.15. The van der Waals surface area contributed by atoms with Crippen LogP contribution in [-0.2, 0) is 0 Å². The number of aromatic nitrogens is 1. The number of ether oxygens (including phenoxy) is 2. The molecular weight excluding hydrogens is 281 g/mol. The van der Waals surface area contributed by atoms with E-state index in [4.69, 9.17) is 5.11 Å². The second kappa shape index (κ2) is 5.24. The number of carboxylic acid groups (broad SMARTS) is 1. The van der Waals surface area contributed by atoms with Crippen LogP contribution in [0.3, 0.4) is 0 Å². The van der Waals surface area contributed by atoms with Gasteiger partial charge < -0.3 is 14.6 Å². The van der Waals surface area contributed by atoms with Gasteiger partial charge in [-0.1, -0.05) is 0 Å². The third kappa shape index (κ3) is 3.66. The Hall–Kier alpha value is -2.13. The Morgan fingerprint density at radius 3 is 2.37 bits per heavy atom. The average Bonchev–Trinajstić information content (AvgIpc) is 2.25. The maximum absolute atomic E-state index is 12.5. The van der Waals surface area contributed by atoms with Gasteiger partial charge in [-0.05, 0) is 0 Å². The lowest BCUT2D eigenvalue weighted by Crippen LogP contribution is -2.20. The lowest BCUT2D eigenvalue weighted by molar-refractivity contribution is -0.276. The first-order valence-corrected chi connectivity index (χ1v) is 4.51. The molecule has 0 radical (unpaired) electrons. The molecule has 0 atom stereocenters. The van der Waals surface area contributed by atoms with Gasteiger partial charge in [-0.15, -0.1) is 13.2 Å². The summed E-state index contributed by atoms with van der Waals surface area (Å²) in [5.74, 6) is -3.95. The molecule has 1 N–H and O–H groups in total. The molecule has 0 fully saturated rings. The topological polar surface area (TPSA) is 68.7 Å². The summed E-state index contributed by atoms with van der Waals surface area (Å²) in [6.45, 7) is 0. The predicted molar refractivity (Wildman–Crippen MR) is 49.4 cm³/mol. The van der Waals surface area contributed by atoms with Crippen molar-refractivity contribution in [2.24, 2.45) is 0 Å². The molecule has 5 nitrogen and oxygen atoms in total. The molecule has 0 aliphatic rings. The van der Waals surface area contributed by atoms with Crippen LogP contribution in [-0.4, -0.2) is 29.5 Å². The van der Waals surface area contributed by atoms with Crippen molar-refractivity contribution in [3.63, 3.8) is 0 Å². The Morgan fingerprint density at radius 2 is 2.00 bits per heavy atom. The molecule has 0 aromatic carbocycles. The van der Waals surface area contributed by atoms with Crippen molar-refractivity contribution in [1.29, 1.82) is 0 Å². The summed E-state index contributed by atoms with van der Waals surface area (Å²) >= 11 is 0. The van der Waals surface area contributed by atoms with Crippen molar-refractivity contribution < 1.29 is 41.3 Å².